The largest absolute Gasteiger partial charge is 0.469 e. The first-order valence-electron chi connectivity index (χ1n) is 9.00. The third kappa shape index (κ3) is 2.09. The molecule has 0 saturated heterocycles. The Hall–Kier alpha value is -2.30. The molecule has 0 N–H and O–H groups in total. The summed E-state index contributed by atoms with van der Waals surface area (Å²) in [6.07, 6.45) is 1.30. The van der Waals surface area contributed by atoms with Gasteiger partial charge in [-0.2, -0.15) is 10.2 Å². The Morgan fingerprint density at radius 3 is 2.69 bits per heavy atom. The molecule has 1 aromatic carbocycles. The highest BCUT2D eigenvalue weighted by molar-refractivity contribution is 5.70. The molecule has 0 spiro atoms. The van der Waals surface area contributed by atoms with Gasteiger partial charge in [-0.15, -0.1) is 0 Å². The molecule has 1 fully saturated rings. The molecule has 2 aliphatic rings. The molecule has 4 nitrogen and oxygen atoms in total. The molecule has 3 atom stereocenters. The average molecular weight is 354 g/mol. The van der Waals surface area contributed by atoms with Gasteiger partial charge >= 0.3 is 5.97 Å². The molecule has 4 rings (SSSR count). The van der Waals surface area contributed by atoms with Crippen LogP contribution in [-0.4, -0.2) is 23.3 Å². The predicted molar refractivity (Wildman–Crippen MR) is 96.0 cm³/mol. The second-order valence-electron chi connectivity index (χ2n) is 8.20. The van der Waals surface area contributed by atoms with Crippen LogP contribution < -0.4 is 0 Å². The first kappa shape index (κ1) is 17.1. The maximum Gasteiger partial charge on any atom is 0.305 e. The average Bonchev–Trinajstić information content (AvgIpc) is 2.92. The second-order valence-corrected chi connectivity index (χ2v) is 8.20. The number of hydrogen-bond acceptors (Lipinski definition) is 4. The van der Waals surface area contributed by atoms with Crippen LogP contribution in [0, 0.1) is 17.2 Å². The highest BCUT2D eigenvalue weighted by Crippen LogP contribution is 2.70. The molecule has 2 aromatic rings. The summed E-state index contributed by atoms with van der Waals surface area (Å²) < 4.78 is 19.1. The fraction of sp³-hybridized carbons (Fsp3) is 0.476. The van der Waals surface area contributed by atoms with E-state index in [1.807, 2.05) is 6.07 Å². The molecule has 0 radical (unpaired) electrons. The van der Waals surface area contributed by atoms with E-state index in [9.17, 15) is 9.18 Å². The molecular formula is C21H23FN2O2. The Bertz CT molecular complexity index is 895. The van der Waals surface area contributed by atoms with E-state index in [2.05, 4.69) is 31.0 Å². The topological polar surface area (TPSA) is 52.1 Å². The van der Waals surface area contributed by atoms with Crippen LogP contribution in [-0.2, 0) is 14.9 Å². The zero-order valence-corrected chi connectivity index (χ0v) is 15.5. The number of aromatic nitrogens is 2. The molecule has 136 valence electrons. The van der Waals surface area contributed by atoms with E-state index in [-0.39, 0.29) is 34.5 Å². The summed E-state index contributed by atoms with van der Waals surface area (Å²) in [6, 6.07) is 8.63. The Kier molecular flexibility index (Phi) is 3.69. The number of methoxy groups -OCH3 is 1. The third-order valence-corrected chi connectivity index (χ3v) is 7.03. The number of carbonyl (C=O) groups is 1. The number of esters is 1. The van der Waals surface area contributed by atoms with Gasteiger partial charge in [0.05, 0.1) is 18.5 Å². The Morgan fingerprint density at radius 1 is 1.27 bits per heavy atom. The van der Waals surface area contributed by atoms with Crippen LogP contribution in [0.3, 0.4) is 0 Å². The molecule has 0 unspecified atom stereocenters. The van der Waals surface area contributed by atoms with E-state index in [1.165, 1.54) is 13.2 Å². The van der Waals surface area contributed by atoms with Crippen LogP contribution in [0.25, 0.3) is 11.3 Å². The lowest BCUT2D eigenvalue weighted by Gasteiger charge is -2.38. The van der Waals surface area contributed by atoms with Crippen molar-refractivity contribution in [1.29, 1.82) is 0 Å². The van der Waals surface area contributed by atoms with E-state index in [4.69, 9.17) is 4.74 Å². The minimum atomic E-state index is -0.293. The summed E-state index contributed by atoms with van der Waals surface area (Å²) >= 11 is 0. The fourth-order valence-electron chi connectivity index (χ4n) is 5.17. The number of carbonyl (C=O) groups excluding carboxylic acids is 1. The summed E-state index contributed by atoms with van der Waals surface area (Å²) in [7, 11) is 1.43. The first-order chi connectivity index (χ1) is 12.3. The van der Waals surface area contributed by atoms with Crippen LogP contribution in [0.5, 0.6) is 0 Å². The molecular weight excluding hydrogens is 331 g/mol. The van der Waals surface area contributed by atoms with Crippen molar-refractivity contribution in [3.05, 3.63) is 47.4 Å². The molecule has 1 aromatic heterocycles. The van der Waals surface area contributed by atoms with Gasteiger partial charge in [-0.3, -0.25) is 4.79 Å². The molecule has 1 saturated carbocycles. The highest BCUT2D eigenvalue weighted by Gasteiger charge is 2.65. The summed E-state index contributed by atoms with van der Waals surface area (Å²) in [5.41, 5.74) is 2.84. The van der Waals surface area contributed by atoms with Crippen molar-refractivity contribution >= 4 is 5.97 Å². The van der Waals surface area contributed by atoms with Gasteiger partial charge in [0.2, 0.25) is 0 Å². The van der Waals surface area contributed by atoms with Crippen LogP contribution >= 0.6 is 0 Å². The van der Waals surface area contributed by atoms with Crippen molar-refractivity contribution in [2.45, 2.75) is 44.9 Å². The number of ether oxygens (including phenoxy) is 1. The van der Waals surface area contributed by atoms with Gasteiger partial charge in [-0.25, -0.2) is 4.39 Å². The number of halogens is 1. The number of nitrogens with zero attached hydrogens (tertiary/aromatic N) is 2. The highest BCUT2D eigenvalue weighted by atomic mass is 19.1. The molecule has 0 amide bonds. The maximum absolute atomic E-state index is 14.2. The lowest BCUT2D eigenvalue weighted by atomic mass is 9.65. The number of rotatable bonds is 3. The minimum Gasteiger partial charge on any atom is -0.469 e. The SMILES string of the molecule is COC(=O)C[C@@H]1C[C@@H]2c3cc(-c4ccccc4F)nnc3[C@@]1(C)C2(C)C. The zero-order valence-electron chi connectivity index (χ0n) is 15.5. The summed E-state index contributed by atoms with van der Waals surface area (Å²) in [5, 5.41) is 8.88. The number of benzene rings is 1. The van der Waals surface area contributed by atoms with Crippen molar-refractivity contribution in [2.75, 3.05) is 7.11 Å². The van der Waals surface area contributed by atoms with Gasteiger partial charge < -0.3 is 4.74 Å². The molecule has 1 heterocycles. The molecule has 0 aliphatic heterocycles. The monoisotopic (exact) mass is 354 g/mol. The standard InChI is InChI=1S/C21H23FN2O2/c1-20(2)15-9-12(10-18(25)26-4)21(20,3)19-14(15)11-17(23-24-19)13-7-5-6-8-16(13)22/h5-8,11-12,15H,9-10H2,1-4H3/t12-,15+,21-/m0/s1. The maximum atomic E-state index is 14.2. The van der Waals surface area contributed by atoms with Crippen molar-refractivity contribution in [2.24, 2.45) is 11.3 Å². The third-order valence-electron chi connectivity index (χ3n) is 7.03. The Labute approximate surface area is 152 Å². The number of hydrogen-bond donors (Lipinski definition) is 0. The Morgan fingerprint density at radius 2 is 2.00 bits per heavy atom. The first-order valence-corrected chi connectivity index (χ1v) is 9.00. The van der Waals surface area contributed by atoms with Crippen molar-refractivity contribution in [3.63, 3.8) is 0 Å². The predicted octanol–water partition coefficient (Wildman–Crippen LogP) is 4.25. The van der Waals surface area contributed by atoms with E-state index in [0.29, 0.717) is 17.7 Å². The lowest BCUT2D eigenvalue weighted by Crippen LogP contribution is -2.39. The number of fused-ring (bicyclic) bond motifs is 5. The van der Waals surface area contributed by atoms with E-state index in [1.54, 1.807) is 18.2 Å². The van der Waals surface area contributed by atoms with Gasteiger partial charge in [0.25, 0.3) is 0 Å². The summed E-state index contributed by atoms with van der Waals surface area (Å²) in [5.74, 6) is -0.0229. The van der Waals surface area contributed by atoms with E-state index >= 15 is 0 Å². The summed E-state index contributed by atoms with van der Waals surface area (Å²) in [4.78, 5) is 11.9. The van der Waals surface area contributed by atoms with Gasteiger partial charge in [0.15, 0.2) is 0 Å². The second kappa shape index (κ2) is 5.60. The van der Waals surface area contributed by atoms with Gasteiger partial charge in [0.1, 0.15) is 5.82 Å². The van der Waals surface area contributed by atoms with Crippen LogP contribution in [0.15, 0.2) is 30.3 Å². The smallest absolute Gasteiger partial charge is 0.305 e. The van der Waals surface area contributed by atoms with Gasteiger partial charge in [0, 0.05) is 17.4 Å². The fourth-order valence-corrected chi connectivity index (χ4v) is 5.17. The molecule has 2 bridgehead atoms. The van der Waals surface area contributed by atoms with Crippen LogP contribution in [0.2, 0.25) is 0 Å². The quantitative estimate of drug-likeness (QED) is 0.774. The Balaban J connectivity index is 1.80. The zero-order chi connectivity index (χ0) is 18.7. The lowest BCUT2D eigenvalue weighted by molar-refractivity contribution is -0.142. The van der Waals surface area contributed by atoms with E-state index < -0.39 is 0 Å². The van der Waals surface area contributed by atoms with Gasteiger partial charge in [-0.1, -0.05) is 32.9 Å². The molecule has 2 aliphatic carbocycles. The molecule has 5 heteroatoms. The van der Waals surface area contributed by atoms with Crippen molar-refractivity contribution < 1.29 is 13.9 Å². The van der Waals surface area contributed by atoms with Crippen LogP contribution in [0.4, 0.5) is 4.39 Å². The molecule has 26 heavy (non-hydrogen) atoms. The van der Waals surface area contributed by atoms with Crippen LogP contribution in [0.1, 0.15) is 50.8 Å². The summed E-state index contributed by atoms with van der Waals surface area (Å²) in [6.45, 7) is 6.66. The van der Waals surface area contributed by atoms with E-state index in [0.717, 1.165) is 17.7 Å². The van der Waals surface area contributed by atoms with Crippen molar-refractivity contribution in [3.8, 4) is 11.3 Å². The minimum absolute atomic E-state index is 0.0451. The van der Waals surface area contributed by atoms with Gasteiger partial charge in [-0.05, 0) is 47.4 Å². The normalized spacial score (nSPS) is 28.0. The van der Waals surface area contributed by atoms with Crippen molar-refractivity contribution in [1.82, 2.24) is 10.2 Å².